The van der Waals surface area contributed by atoms with Crippen LogP contribution >= 0.6 is 23.2 Å². The summed E-state index contributed by atoms with van der Waals surface area (Å²) in [6.45, 7) is 1.17. The largest absolute Gasteiger partial charge is 0.481 e. The monoisotopic (exact) mass is 352 g/mol. The molecule has 23 heavy (non-hydrogen) atoms. The molecule has 2 N–H and O–H groups in total. The molecule has 7 heteroatoms. The van der Waals surface area contributed by atoms with E-state index in [1.54, 1.807) is 42.5 Å². The summed E-state index contributed by atoms with van der Waals surface area (Å²) in [6.07, 6.45) is 0. The third-order valence-electron chi connectivity index (χ3n) is 2.73. The Balaban J connectivity index is 1.96. The zero-order chi connectivity index (χ0) is 16.8. The van der Waals surface area contributed by atoms with Crippen LogP contribution in [0.25, 0.3) is 0 Å². The van der Waals surface area contributed by atoms with E-state index in [0.717, 1.165) is 0 Å². The van der Waals surface area contributed by atoms with Gasteiger partial charge in [0.2, 0.25) is 5.91 Å². The molecule has 0 aliphatic heterocycles. The highest BCUT2D eigenvalue weighted by molar-refractivity contribution is 6.37. The molecular formula is C16H14Cl2N2O3. The average molecular weight is 353 g/mol. The molecule has 0 saturated carbocycles. The number of rotatable bonds is 5. The summed E-state index contributed by atoms with van der Waals surface area (Å²) < 4.78 is 5.35. The minimum absolute atomic E-state index is 0.190. The number of amides is 2. The molecule has 0 fully saturated rings. The summed E-state index contributed by atoms with van der Waals surface area (Å²) >= 11 is 11.9. The van der Waals surface area contributed by atoms with Gasteiger partial charge < -0.3 is 15.4 Å². The van der Waals surface area contributed by atoms with Crippen molar-refractivity contribution < 1.29 is 14.3 Å². The van der Waals surface area contributed by atoms with Gasteiger partial charge in [0.25, 0.3) is 5.91 Å². The van der Waals surface area contributed by atoms with Gasteiger partial charge in [-0.15, -0.1) is 0 Å². The number of hydrogen-bond acceptors (Lipinski definition) is 3. The summed E-state index contributed by atoms with van der Waals surface area (Å²) in [5, 5.41) is 5.96. The number of para-hydroxylation sites is 1. The van der Waals surface area contributed by atoms with Crippen LogP contribution in [0.3, 0.4) is 0 Å². The summed E-state index contributed by atoms with van der Waals surface area (Å²) in [5.41, 5.74) is 1.13. The van der Waals surface area contributed by atoms with Crippen molar-refractivity contribution in [2.24, 2.45) is 0 Å². The van der Waals surface area contributed by atoms with E-state index >= 15 is 0 Å². The maximum absolute atomic E-state index is 11.9. The Hall–Kier alpha value is -2.24. The molecule has 0 saturated heterocycles. The van der Waals surface area contributed by atoms with Crippen LogP contribution in [0, 0.1) is 0 Å². The molecule has 2 aromatic rings. The molecule has 0 unspecified atom stereocenters. The number of ether oxygens (including phenoxy) is 1. The summed E-state index contributed by atoms with van der Waals surface area (Å²) in [7, 11) is 0. The summed E-state index contributed by atoms with van der Waals surface area (Å²) in [6, 6.07) is 11.7. The molecule has 0 heterocycles. The van der Waals surface area contributed by atoms with Gasteiger partial charge in [-0.05, 0) is 30.3 Å². The van der Waals surface area contributed by atoms with Crippen molar-refractivity contribution in [3.63, 3.8) is 0 Å². The molecule has 0 aliphatic carbocycles. The van der Waals surface area contributed by atoms with Crippen LogP contribution in [-0.4, -0.2) is 18.4 Å². The van der Waals surface area contributed by atoms with Crippen LogP contribution in [0.15, 0.2) is 42.5 Å². The van der Waals surface area contributed by atoms with Crippen molar-refractivity contribution in [1.82, 2.24) is 0 Å². The van der Waals surface area contributed by atoms with Gasteiger partial charge in [-0.2, -0.15) is 0 Å². The smallest absolute Gasteiger partial charge is 0.262 e. The lowest BCUT2D eigenvalue weighted by atomic mass is 10.2. The van der Waals surface area contributed by atoms with Crippen molar-refractivity contribution in [1.29, 1.82) is 0 Å². The Morgan fingerprint density at radius 3 is 2.17 bits per heavy atom. The molecule has 0 atom stereocenters. The van der Waals surface area contributed by atoms with E-state index in [0.29, 0.717) is 21.4 Å². The Morgan fingerprint density at radius 2 is 1.57 bits per heavy atom. The SMILES string of the molecule is CC(=O)Nc1cccc(NC(=O)COc2c(Cl)cccc2Cl)c1. The average Bonchev–Trinajstić information content (AvgIpc) is 2.46. The first-order chi connectivity index (χ1) is 11.0. The highest BCUT2D eigenvalue weighted by Gasteiger charge is 2.10. The second kappa shape index (κ2) is 7.85. The molecule has 0 aliphatic rings. The molecule has 5 nitrogen and oxygen atoms in total. The predicted molar refractivity (Wildman–Crippen MR) is 91.3 cm³/mol. The minimum Gasteiger partial charge on any atom is -0.481 e. The molecule has 120 valence electrons. The highest BCUT2D eigenvalue weighted by atomic mass is 35.5. The molecule has 2 rings (SSSR count). The Labute approximate surface area is 143 Å². The van der Waals surface area contributed by atoms with Crippen molar-refractivity contribution in [2.75, 3.05) is 17.2 Å². The zero-order valence-electron chi connectivity index (χ0n) is 12.2. The van der Waals surface area contributed by atoms with Crippen molar-refractivity contribution in [3.05, 3.63) is 52.5 Å². The topological polar surface area (TPSA) is 67.4 Å². The lowest BCUT2D eigenvalue weighted by molar-refractivity contribution is -0.118. The first kappa shape index (κ1) is 17.1. The van der Waals surface area contributed by atoms with E-state index in [1.165, 1.54) is 6.92 Å². The van der Waals surface area contributed by atoms with E-state index in [-0.39, 0.29) is 24.2 Å². The second-order valence-electron chi connectivity index (χ2n) is 4.65. The molecule has 0 radical (unpaired) electrons. The van der Waals surface area contributed by atoms with Gasteiger partial charge in [-0.1, -0.05) is 35.3 Å². The number of halogens is 2. The number of carbonyl (C=O) groups excluding carboxylic acids is 2. The number of carbonyl (C=O) groups is 2. The fourth-order valence-corrected chi connectivity index (χ4v) is 2.34. The van der Waals surface area contributed by atoms with E-state index in [2.05, 4.69) is 10.6 Å². The standard InChI is InChI=1S/C16H14Cl2N2O3/c1-10(21)19-11-4-2-5-12(8-11)20-15(22)9-23-16-13(17)6-3-7-14(16)18/h2-8H,9H2,1H3,(H,19,21)(H,20,22). The minimum atomic E-state index is -0.374. The molecule has 0 bridgehead atoms. The van der Waals surface area contributed by atoms with Crippen LogP contribution in [-0.2, 0) is 9.59 Å². The number of benzene rings is 2. The lowest BCUT2D eigenvalue weighted by Crippen LogP contribution is -2.20. The first-order valence-corrected chi connectivity index (χ1v) is 7.45. The Bertz CT molecular complexity index is 715. The fourth-order valence-electron chi connectivity index (χ4n) is 1.83. The van der Waals surface area contributed by atoms with Crippen molar-refractivity contribution in [2.45, 2.75) is 6.92 Å². The van der Waals surface area contributed by atoms with Crippen LogP contribution in [0.5, 0.6) is 5.75 Å². The maximum atomic E-state index is 11.9. The maximum Gasteiger partial charge on any atom is 0.262 e. The van der Waals surface area contributed by atoms with Gasteiger partial charge in [0.1, 0.15) is 0 Å². The highest BCUT2D eigenvalue weighted by Crippen LogP contribution is 2.32. The summed E-state index contributed by atoms with van der Waals surface area (Å²) in [4.78, 5) is 23.0. The van der Waals surface area contributed by atoms with Crippen molar-refractivity contribution >= 4 is 46.4 Å². The number of hydrogen-bond donors (Lipinski definition) is 2. The van der Waals surface area contributed by atoms with Crippen LogP contribution in [0.2, 0.25) is 10.0 Å². The molecule has 0 spiro atoms. The van der Waals surface area contributed by atoms with E-state index in [9.17, 15) is 9.59 Å². The predicted octanol–water partition coefficient (Wildman–Crippen LogP) is 3.97. The number of anilines is 2. The van der Waals surface area contributed by atoms with Gasteiger partial charge in [0.05, 0.1) is 10.0 Å². The van der Waals surface area contributed by atoms with Crippen LogP contribution < -0.4 is 15.4 Å². The summed E-state index contributed by atoms with van der Waals surface area (Å²) in [5.74, 6) is -0.302. The molecule has 2 amide bonds. The molecular weight excluding hydrogens is 339 g/mol. The van der Waals surface area contributed by atoms with E-state index in [4.69, 9.17) is 27.9 Å². The van der Waals surface area contributed by atoms with Gasteiger partial charge in [-0.3, -0.25) is 9.59 Å². The number of nitrogens with one attached hydrogen (secondary N) is 2. The van der Waals surface area contributed by atoms with E-state index in [1.807, 2.05) is 0 Å². The first-order valence-electron chi connectivity index (χ1n) is 6.70. The Morgan fingerprint density at radius 1 is 1.00 bits per heavy atom. The third kappa shape index (κ3) is 5.16. The van der Waals surface area contributed by atoms with Gasteiger partial charge in [-0.25, -0.2) is 0 Å². The van der Waals surface area contributed by atoms with Gasteiger partial charge >= 0.3 is 0 Å². The van der Waals surface area contributed by atoms with Crippen molar-refractivity contribution in [3.8, 4) is 5.75 Å². The van der Waals surface area contributed by atoms with E-state index < -0.39 is 0 Å². The molecule has 2 aromatic carbocycles. The normalized spacial score (nSPS) is 10.0. The second-order valence-corrected chi connectivity index (χ2v) is 5.46. The fraction of sp³-hybridized carbons (Fsp3) is 0.125. The lowest BCUT2D eigenvalue weighted by Gasteiger charge is -2.11. The third-order valence-corrected chi connectivity index (χ3v) is 3.33. The molecule has 0 aromatic heterocycles. The zero-order valence-corrected chi connectivity index (χ0v) is 13.7. The quantitative estimate of drug-likeness (QED) is 0.855. The van der Waals surface area contributed by atoms with Gasteiger partial charge in [0.15, 0.2) is 12.4 Å². The van der Waals surface area contributed by atoms with Crippen LogP contribution in [0.1, 0.15) is 6.92 Å². The Kier molecular flexibility index (Phi) is 5.84. The van der Waals surface area contributed by atoms with Gasteiger partial charge in [0, 0.05) is 18.3 Å². The van der Waals surface area contributed by atoms with Crippen LogP contribution in [0.4, 0.5) is 11.4 Å².